The largest absolute Gasteiger partial charge is 0.336 e. The van der Waals surface area contributed by atoms with E-state index in [1.807, 2.05) is 38.1 Å². The summed E-state index contributed by atoms with van der Waals surface area (Å²) in [5.74, 6) is -0.0755. The maximum Gasteiger partial charge on any atom is 0.336 e. The number of amides is 3. The number of benzene rings is 1. The molecule has 0 radical (unpaired) electrons. The van der Waals surface area contributed by atoms with E-state index < -0.39 is 6.04 Å². The molecular formula is C19H28N3O2+. The third-order valence-corrected chi connectivity index (χ3v) is 5.49. The van der Waals surface area contributed by atoms with Crippen LogP contribution in [0.2, 0.25) is 0 Å². The number of carbonyl (C=O) groups excluding carboxylic acids is 2. The lowest BCUT2D eigenvalue weighted by Crippen LogP contribution is -3.18. The minimum atomic E-state index is -0.426. The number of likely N-dealkylation sites (tertiary alicyclic amines) is 1. The van der Waals surface area contributed by atoms with E-state index in [4.69, 9.17) is 0 Å². The monoisotopic (exact) mass is 330 g/mol. The van der Waals surface area contributed by atoms with Gasteiger partial charge in [-0.1, -0.05) is 24.6 Å². The summed E-state index contributed by atoms with van der Waals surface area (Å²) in [6.07, 6.45) is 4.73. The van der Waals surface area contributed by atoms with Crippen LogP contribution in [0.1, 0.15) is 45.1 Å². The second kappa shape index (κ2) is 6.93. The molecule has 2 aliphatic rings. The van der Waals surface area contributed by atoms with Crippen molar-refractivity contribution < 1.29 is 14.5 Å². The molecule has 2 aliphatic heterocycles. The van der Waals surface area contributed by atoms with E-state index in [0.29, 0.717) is 12.7 Å². The van der Waals surface area contributed by atoms with E-state index in [9.17, 15) is 9.59 Å². The summed E-state index contributed by atoms with van der Waals surface area (Å²) < 4.78 is 0. The zero-order valence-corrected chi connectivity index (χ0v) is 14.9. The van der Waals surface area contributed by atoms with Gasteiger partial charge in [-0.3, -0.25) is 9.69 Å². The molecule has 1 aromatic rings. The molecule has 5 nitrogen and oxygen atoms in total. The van der Waals surface area contributed by atoms with E-state index >= 15 is 0 Å². The molecule has 0 spiro atoms. The Balaban J connectivity index is 1.78. The van der Waals surface area contributed by atoms with Crippen molar-refractivity contribution in [3.8, 4) is 0 Å². The van der Waals surface area contributed by atoms with Gasteiger partial charge in [0.05, 0.1) is 12.6 Å². The lowest BCUT2D eigenvalue weighted by molar-refractivity contribution is -0.937. The highest BCUT2D eigenvalue weighted by Crippen LogP contribution is 2.25. The summed E-state index contributed by atoms with van der Waals surface area (Å²) >= 11 is 0. The van der Waals surface area contributed by atoms with Crippen molar-refractivity contribution in [2.75, 3.05) is 18.1 Å². The second-order valence-corrected chi connectivity index (χ2v) is 7.10. The Bertz CT molecular complexity index is 614. The summed E-state index contributed by atoms with van der Waals surface area (Å²) in [6, 6.07) is 7.75. The van der Waals surface area contributed by atoms with Crippen molar-refractivity contribution >= 4 is 17.6 Å². The van der Waals surface area contributed by atoms with Crippen molar-refractivity contribution in [3.05, 3.63) is 29.8 Å². The van der Waals surface area contributed by atoms with Gasteiger partial charge < -0.3 is 4.90 Å². The molecule has 0 saturated carbocycles. The first kappa shape index (κ1) is 17.0. The molecule has 0 bridgehead atoms. The number of carbonyl (C=O) groups is 2. The minimum Gasteiger partial charge on any atom is -0.315 e. The zero-order chi connectivity index (χ0) is 17.3. The van der Waals surface area contributed by atoms with Crippen molar-refractivity contribution in [3.63, 3.8) is 0 Å². The molecule has 3 amide bonds. The van der Waals surface area contributed by atoms with Gasteiger partial charge in [0, 0.05) is 5.69 Å². The lowest BCUT2D eigenvalue weighted by Gasteiger charge is -2.33. The predicted molar refractivity (Wildman–Crippen MR) is 94.0 cm³/mol. The first-order chi connectivity index (χ1) is 11.5. The first-order valence-electron chi connectivity index (χ1n) is 9.08. The highest BCUT2D eigenvalue weighted by atomic mass is 16.2. The highest BCUT2D eigenvalue weighted by molar-refractivity contribution is 6.13. The highest BCUT2D eigenvalue weighted by Gasteiger charge is 2.45. The van der Waals surface area contributed by atoms with Crippen LogP contribution in [0.15, 0.2) is 24.3 Å². The summed E-state index contributed by atoms with van der Waals surface area (Å²) in [7, 11) is 0. The zero-order valence-electron chi connectivity index (χ0n) is 14.9. The summed E-state index contributed by atoms with van der Waals surface area (Å²) in [5, 5.41) is 0. The first-order valence-corrected chi connectivity index (χ1v) is 9.08. The van der Waals surface area contributed by atoms with Gasteiger partial charge in [0.2, 0.25) is 0 Å². The number of aryl methyl sites for hydroxylation is 1. The number of anilines is 1. The summed E-state index contributed by atoms with van der Waals surface area (Å²) in [4.78, 5) is 30.1. The molecule has 2 heterocycles. The number of piperidine rings is 1. The molecule has 1 unspecified atom stereocenters. The van der Waals surface area contributed by atoms with Gasteiger partial charge in [-0.25, -0.2) is 9.69 Å². The smallest absolute Gasteiger partial charge is 0.315 e. The Morgan fingerprint density at radius 3 is 2.54 bits per heavy atom. The molecule has 1 N–H and O–H groups in total. The van der Waals surface area contributed by atoms with Crippen LogP contribution in [0.25, 0.3) is 0 Å². The van der Waals surface area contributed by atoms with Crippen LogP contribution < -0.4 is 9.80 Å². The van der Waals surface area contributed by atoms with E-state index in [1.165, 1.54) is 29.1 Å². The van der Waals surface area contributed by atoms with Gasteiger partial charge in [0.15, 0.2) is 6.67 Å². The maximum atomic E-state index is 12.9. The van der Waals surface area contributed by atoms with Crippen LogP contribution in [0, 0.1) is 6.92 Å². The SMILES string of the molecule is CC[C@H]1CCCC[NH+]1CN1C(=O)[C@H](C)N(c2ccc(C)cc2)C1=O. The van der Waals surface area contributed by atoms with Gasteiger partial charge in [-0.2, -0.15) is 0 Å². The quantitative estimate of drug-likeness (QED) is 0.858. The molecule has 0 aromatic heterocycles. The fourth-order valence-electron chi connectivity index (χ4n) is 3.97. The number of imide groups is 1. The number of rotatable bonds is 4. The Kier molecular flexibility index (Phi) is 4.90. The molecule has 2 fully saturated rings. The third kappa shape index (κ3) is 3.05. The van der Waals surface area contributed by atoms with Gasteiger partial charge >= 0.3 is 6.03 Å². The number of nitrogens with zero attached hydrogens (tertiary/aromatic N) is 2. The minimum absolute atomic E-state index is 0.0755. The molecular weight excluding hydrogens is 302 g/mol. The van der Waals surface area contributed by atoms with Crippen LogP contribution in [-0.4, -0.2) is 42.1 Å². The van der Waals surface area contributed by atoms with E-state index in [-0.39, 0.29) is 11.9 Å². The Labute approximate surface area is 144 Å². The topological polar surface area (TPSA) is 45.1 Å². The average Bonchev–Trinajstić information content (AvgIpc) is 2.80. The number of urea groups is 1. The Morgan fingerprint density at radius 2 is 1.88 bits per heavy atom. The van der Waals surface area contributed by atoms with Gasteiger partial charge in [-0.15, -0.1) is 0 Å². The van der Waals surface area contributed by atoms with Crippen molar-refractivity contribution in [2.45, 2.75) is 58.5 Å². The van der Waals surface area contributed by atoms with E-state index in [2.05, 4.69) is 6.92 Å². The molecule has 130 valence electrons. The normalized spacial score (nSPS) is 27.9. The number of quaternary nitrogens is 1. The fourth-order valence-corrected chi connectivity index (χ4v) is 3.97. The summed E-state index contributed by atoms with van der Waals surface area (Å²) in [6.45, 7) is 7.59. The molecule has 3 atom stereocenters. The average molecular weight is 330 g/mol. The van der Waals surface area contributed by atoms with Crippen LogP contribution >= 0.6 is 0 Å². The summed E-state index contributed by atoms with van der Waals surface area (Å²) in [5.41, 5.74) is 1.94. The number of hydrogen-bond donors (Lipinski definition) is 1. The van der Waals surface area contributed by atoms with Crippen molar-refractivity contribution in [1.82, 2.24) is 4.90 Å². The molecule has 3 rings (SSSR count). The van der Waals surface area contributed by atoms with E-state index in [0.717, 1.165) is 24.2 Å². The van der Waals surface area contributed by atoms with Gasteiger partial charge in [0.25, 0.3) is 5.91 Å². The van der Waals surface area contributed by atoms with Crippen LogP contribution in [0.4, 0.5) is 10.5 Å². The number of nitrogens with one attached hydrogen (secondary N) is 1. The Hall–Kier alpha value is -1.88. The third-order valence-electron chi connectivity index (χ3n) is 5.49. The van der Waals surface area contributed by atoms with Crippen molar-refractivity contribution in [1.29, 1.82) is 0 Å². The van der Waals surface area contributed by atoms with Crippen molar-refractivity contribution in [2.24, 2.45) is 0 Å². The molecule has 0 aliphatic carbocycles. The predicted octanol–water partition coefficient (Wildman–Crippen LogP) is 1.96. The lowest BCUT2D eigenvalue weighted by atomic mass is 10.0. The Morgan fingerprint density at radius 1 is 1.17 bits per heavy atom. The number of hydrogen-bond acceptors (Lipinski definition) is 2. The molecule has 1 aromatic carbocycles. The fraction of sp³-hybridized carbons (Fsp3) is 0.579. The second-order valence-electron chi connectivity index (χ2n) is 7.10. The molecule has 24 heavy (non-hydrogen) atoms. The molecule has 2 saturated heterocycles. The van der Waals surface area contributed by atoms with Crippen LogP contribution in [0.5, 0.6) is 0 Å². The standard InChI is InChI=1S/C19H27N3O2/c1-4-16-7-5-6-12-20(16)13-21-18(23)15(3)22(19(21)24)17-10-8-14(2)9-11-17/h8-11,15-16H,4-7,12-13H2,1-3H3/p+1/t15-,16-/m0/s1. The van der Waals surface area contributed by atoms with Gasteiger partial charge in [-0.05, 0) is 51.7 Å². The van der Waals surface area contributed by atoms with E-state index in [1.54, 1.807) is 4.90 Å². The van der Waals surface area contributed by atoms with Gasteiger partial charge in [0.1, 0.15) is 6.04 Å². The molecule has 5 heteroatoms. The maximum absolute atomic E-state index is 12.9. The van der Waals surface area contributed by atoms with Crippen LogP contribution in [-0.2, 0) is 4.79 Å². The van der Waals surface area contributed by atoms with Crippen LogP contribution in [0.3, 0.4) is 0 Å².